The molecule has 1 aromatic heterocycles. The number of hydrogen-bond acceptors (Lipinski definition) is 5. The minimum absolute atomic E-state index is 0.128. The van der Waals surface area contributed by atoms with Gasteiger partial charge in [0.1, 0.15) is 6.04 Å². The number of sulfonamides is 1. The fraction of sp³-hybridized carbons (Fsp3) is 0.300. The number of benzene rings is 2. The molecule has 0 saturated carbocycles. The lowest BCUT2D eigenvalue weighted by Crippen LogP contribution is -2.44. The topological polar surface area (TPSA) is 93.1 Å². The molecule has 0 fully saturated rings. The molecule has 1 heterocycles. The molecule has 3 rings (SSSR count). The zero-order valence-electron chi connectivity index (χ0n) is 16.3. The molecule has 0 bridgehead atoms. The third-order valence-corrected chi connectivity index (χ3v) is 6.62. The van der Waals surface area contributed by atoms with E-state index < -0.39 is 22.0 Å². The second kappa shape index (κ2) is 9.43. The van der Waals surface area contributed by atoms with Gasteiger partial charge < -0.3 is 4.57 Å². The van der Waals surface area contributed by atoms with E-state index in [-0.39, 0.29) is 4.90 Å². The average molecular weight is 433 g/mol. The molecule has 0 saturated heterocycles. The van der Waals surface area contributed by atoms with Gasteiger partial charge in [-0.2, -0.15) is 16.5 Å². The van der Waals surface area contributed by atoms with Crippen LogP contribution in [0.2, 0.25) is 0 Å². The number of aromatic nitrogens is 2. The van der Waals surface area contributed by atoms with Gasteiger partial charge in [-0.3, -0.25) is 10.1 Å². The van der Waals surface area contributed by atoms with Crippen molar-refractivity contribution < 1.29 is 13.2 Å². The molecule has 2 N–H and O–H groups in total. The van der Waals surface area contributed by atoms with E-state index in [9.17, 15) is 13.2 Å². The third-order valence-electron chi connectivity index (χ3n) is 4.48. The Morgan fingerprint density at radius 3 is 2.52 bits per heavy atom. The van der Waals surface area contributed by atoms with Gasteiger partial charge >= 0.3 is 0 Å². The van der Waals surface area contributed by atoms with Crippen molar-refractivity contribution >= 4 is 44.7 Å². The van der Waals surface area contributed by atoms with Gasteiger partial charge in [-0.25, -0.2) is 13.4 Å². The first-order valence-electron chi connectivity index (χ1n) is 9.28. The summed E-state index contributed by atoms with van der Waals surface area (Å²) in [5.74, 6) is 0.620. The van der Waals surface area contributed by atoms with E-state index in [0.29, 0.717) is 24.7 Å². The molecule has 0 aliphatic rings. The van der Waals surface area contributed by atoms with Crippen LogP contribution in [0.15, 0.2) is 59.5 Å². The Bertz CT molecular complexity index is 1080. The van der Waals surface area contributed by atoms with E-state index >= 15 is 0 Å². The summed E-state index contributed by atoms with van der Waals surface area (Å²) >= 11 is 1.55. The number of para-hydroxylation sites is 2. The van der Waals surface area contributed by atoms with Crippen LogP contribution in [0.25, 0.3) is 11.0 Å². The standard InChI is InChI=1S/C20H24N4O3S2/c1-3-24-18-12-8-7-11-16(18)21-20(24)22-19(25)17(13-14-28-2)23-29(26,27)15-9-5-4-6-10-15/h4-12,17,23H,3,13-14H2,1-2H3,(H,21,22,25)/t17-/m0/s1. The van der Waals surface area contributed by atoms with Crippen molar-refractivity contribution in [3.63, 3.8) is 0 Å². The third kappa shape index (κ3) is 4.98. The van der Waals surface area contributed by atoms with E-state index in [1.54, 1.807) is 30.0 Å². The lowest BCUT2D eigenvalue weighted by molar-refractivity contribution is -0.117. The number of hydrogen-bond donors (Lipinski definition) is 2. The molecule has 2 aromatic carbocycles. The minimum Gasteiger partial charge on any atom is -0.310 e. The highest BCUT2D eigenvalue weighted by molar-refractivity contribution is 7.98. The molecule has 0 aliphatic carbocycles. The summed E-state index contributed by atoms with van der Waals surface area (Å²) in [4.78, 5) is 17.6. The van der Waals surface area contributed by atoms with Crippen molar-refractivity contribution in [1.29, 1.82) is 0 Å². The number of amides is 1. The Morgan fingerprint density at radius 2 is 1.83 bits per heavy atom. The maximum atomic E-state index is 13.0. The van der Waals surface area contributed by atoms with Gasteiger partial charge in [0.05, 0.1) is 15.9 Å². The number of anilines is 1. The van der Waals surface area contributed by atoms with E-state index in [2.05, 4.69) is 15.0 Å². The molecule has 154 valence electrons. The lowest BCUT2D eigenvalue weighted by Gasteiger charge is -2.18. The van der Waals surface area contributed by atoms with E-state index in [4.69, 9.17) is 0 Å². The van der Waals surface area contributed by atoms with Crippen LogP contribution in [-0.4, -0.2) is 41.9 Å². The molecule has 29 heavy (non-hydrogen) atoms. The minimum atomic E-state index is -3.81. The molecule has 9 heteroatoms. The molecule has 1 atom stereocenters. The molecule has 0 spiro atoms. The van der Waals surface area contributed by atoms with Gasteiger partial charge in [0.2, 0.25) is 21.9 Å². The van der Waals surface area contributed by atoms with Crippen LogP contribution >= 0.6 is 11.8 Å². The zero-order valence-corrected chi connectivity index (χ0v) is 18.0. The zero-order chi connectivity index (χ0) is 20.9. The first-order valence-corrected chi connectivity index (χ1v) is 12.2. The second-order valence-electron chi connectivity index (χ2n) is 6.43. The van der Waals surface area contributed by atoms with Crippen LogP contribution in [0.5, 0.6) is 0 Å². The Hall–Kier alpha value is -2.36. The number of nitrogens with one attached hydrogen (secondary N) is 2. The van der Waals surface area contributed by atoms with Crippen molar-refractivity contribution in [2.75, 3.05) is 17.3 Å². The number of imidazole rings is 1. The Kier molecular flexibility index (Phi) is 6.94. The summed E-state index contributed by atoms with van der Waals surface area (Å²) in [6.07, 6.45) is 2.28. The van der Waals surface area contributed by atoms with Crippen molar-refractivity contribution in [2.24, 2.45) is 0 Å². The van der Waals surface area contributed by atoms with Gasteiger partial charge in [0.15, 0.2) is 0 Å². The normalized spacial score (nSPS) is 12.8. The van der Waals surface area contributed by atoms with E-state index in [1.807, 2.05) is 42.0 Å². The van der Waals surface area contributed by atoms with E-state index in [0.717, 1.165) is 11.0 Å². The van der Waals surface area contributed by atoms with Gasteiger partial charge in [0.25, 0.3) is 0 Å². The van der Waals surface area contributed by atoms with Crippen LogP contribution in [0, 0.1) is 0 Å². The predicted octanol–water partition coefficient (Wildman–Crippen LogP) is 3.09. The quantitative estimate of drug-likeness (QED) is 0.542. The van der Waals surface area contributed by atoms with Crippen molar-refractivity contribution in [3.8, 4) is 0 Å². The molecule has 0 unspecified atom stereocenters. The molecular weight excluding hydrogens is 408 g/mol. The highest BCUT2D eigenvalue weighted by atomic mass is 32.2. The van der Waals surface area contributed by atoms with Crippen LogP contribution in [-0.2, 0) is 21.4 Å². The highest BCUT2D eigenvalue weighted by Gasteiger charge is 2.26. The van der Waals surface area contributed by atoms with Crippen LogP contribution < -0.4 is 10.0 Å². The molecule has 0 aliphatic heterocycles. The summed E-state index contributed by atoms with van der Waals surface area (Å²) in [6, 6.07) is 14.7. The monoisotopic (exact) mass is 432 g/mol. The number of carbonyl (C=O) groups excluding carboxylic acids is 1. The summed E-state index contributed by atoms with van der Waals surface area (Å²) < 4.78 is 29.9. The molecular formula is C20H24N4O3S2. The predicted molar refractivity (Wildman–Crippen MR) is 118 cm³/mol. The van der Waals surface area contributed by atoms with Crippen molar-refractivity contribution in [2.45, 2.75) is 30.8 Å². The maximum Gasteiger partial charge on any atom is 0.244 e. The summed E-state index contributed by atoms with van der Waals surface area (Å²) in [6.45, 7) is 2.59. The number of aryl methyl sites for hydroxylation is 1. The first kappa shape index (κ1) is 21.4. The SMILES string of the molecule is CCn1c(NC(=O)[C@H](CCSC)NS(=O)(=O)c2ccccc2)nc2ccccc21. The largest absolute Gasteiger partial charge is 0.310 e. The fourth-order valence-electron chi connectivity index (χ4n) is 3.02. The van der Waals surface area contributed by atoms with Crippen molar-refractivity contribution in [1.82, 2.24) is 14.3 Å². The number of nitrogens with zero attached hydrogens (tertiary/aromatic N) is 2. The number of rotatable bonds is 9. The first-order chi connectivity index (χ1) is 14.0. The lowest BCUT2D eigenvalue weighted by atomic mass is 10.2. The molecule has 0 radical (unpaired) electrons. The van der Waals surface area contributed by atoms with Gasteiger partial charge in [0, 0.05) is 6.54 Å². The molecule has 1 amide bonds. The average Bonchev–Trinajstić information content (AvgIpc) is 3.08. The van der Waals surface area contributed by atoms with Gasteiger partial charge in [-0.05, 0) is 49.6 Å². The van der Waals surface area contributed by atoms with Crippen LogP contribution in [0.1, 0.15) is 13.3 Å². The highest BCUT2D eigenvalue weighted by Crippen LogP contribution is 2.20. The van der Waals surface area contributed by atoms with Crippen molar-refractivity contribution in [3.05, 3.63) is 54.6 Å². The Balaban J connectivity index is 1.85. The molecule has 7 nitrogen and oxygen atoms in total. The Morgan fingerprint density at radius 1 is 1.14 bits per heavy atom. The van der Waals surface area contributed by atoms with Crippen LogP contribution in [0.3, 0.4) is 0 Å². The summed E-state index contributed by atoms with van der Waals surface area (Å²) in [5, 5.41) is 2.81. The summed E-state index contributed by atoms with van der Waals surface area (Å²) in [7, 11) is -3.81. The maximum absolute atomic E-state index is 13.0. The number of carbonyl (C=O) groups is 1. The van der Waals surface area contributed by atoms with Gasteiger partial charge in [-0.15, -0.1) is 0 Å². The smallest absolute Gasteiger partial charge is 0.244 e. The van der Waals surface area contributed by atoms with E-state index in [1.165, 1.54) is 12.1 Å². The number of fused-ring (bicyclic) bond motifs is 1. The molecule has 3 aromatic rings. The number of thioether (sulfide) groups is 1. The fourth-order valence-corrected chi connectivity index (χ4v) is 4.74. The van der Waals surface area contributed by atoms with Gasteiger partial charge in [-0.1, -0.05) is 30.3 Å². The summed E-state index contributed by atoms with van der Waals surface area (Å²) in [5.41, 5.74) is 1.69. The van der Waals surface area contributed by atoms with Crippen LogP contribution in [0.4, 0.5) is 5.95 Å². The Labute approximate surface area is 175 Å². The second-order valence-corrected chi connectivity index (χ2v) is 9.13.